The van der Waals surface area contributed by atoms with Crippen LogP contribution in [0.4, 0.5) is 0 Å². The summed E-state index contributed by atoms with van der Waals surface area (Å²) in [6, 6.07) is 0. The van der Waals surface area contributed by atoms with Crippen molar-refractivity contribution in [2.45, 2.75) is 34.0 Å². The Bertz CT molecular complexity index is 51.3. The predicted molar refractivity (Wildman–Crippen MR) is 45.5 cm³/mol. The highest BCUT2D eigenvalue weighted by Gasteiger charge is 1.94. The van der Waals surface area contributed by atoms with E-state index in [-0.39, 0.29) is 12.9 Å². The molecule has 1 N–H and O–H groups in total. The van der Waals surface area contributed by atoms with E-state index in [2.05, 4.69) is 0 Å². The van der Waals surface area contributed by atoms with Crippen LogP contribution < -0.4 is 0 Å². The fraction of sp³-hybridized carbons (Fsp3) is 1.00. The van der Waals surface area contributed by atoms with E-state index < -0.39 is 0 Å². The van der Waals surface area contributed by atoms with Gasteiger partial charge in [0.15, 0.2) is 6.29 Å². The summed E-state index contributed by atoms with van der Waals surface area (Å²) in [5.74, 6) is 0. The first-order valence-electron chi connectivity index (χ1n) is 4.06. The Morgan fingerprint density at radius 1 is 1.09 bits per heavy atom. The number of hydrogen-bond donors (Lipinski definition) is 1. The normalized spacial score (nSPS) is 9.27. The zero-order chi connectivity index (χ0) is 9.11. The number of ether oxygens (including phenoxy) is 2. The smallest absolute Gasteiger partial charge is 0.154 e. The highest BCUT2D eigenvalue weighted by molar-refractivity contribution is 4.26. The lowest BCUT2D eigenvalue weighted by molar-refractivity contribution is -0.123. The molecule has 0 rings (SSSR count). The van der Waals surface area contributed by atoms with Gasteiger partial charge in [-0.05, 0) is 27.7 Å². The van der Waals surface area contributed by atoms with Crippen molar-refractivity contribution in [3.63, 3.8) is 0 Å². The molecule has 0 saturated carbocycles. The van der Waals surface area contributed by atoms with Gasteiger partial charge in [0.1, 0.15) is 0 Å². The summed E-state index contributed by atoms with van der Waals surface area (Å²) < 4.78 is 10.1. The highest BCUT2D eigenvalue weighted by Crippen LogP contribution is 1.90. The third-order valence-electron chi connectivity index (χ3n) is 0.803. The molecule has 0 unspecified atom stereocenters. The van der Waals surface area contributed by atoms with E-state index in [1.54, 1.807) is 6.92 Å². The van der Waals surface area contributed by atoms with E-state index in [1.165, 1.54) is 0 Å². The van der Waals surface area contributed by atoms with E-state index >= 15 is 0 Å². The summed E-state index contributed by atoms with van der Waals surface area (Å²) in [6.45, 7) is 9.18. The largest absolute Gasteiger partial charge is 0.397 e. The van der Waals surface area contributed by atoms with Crippen molar-refractivity contribution >= 4 is 0 Å². The molecule has 0 aliphatic heterocycles. The Morgan fingerprint density at radius 2 is 1.36 bits per heavy atom. The summed E-state index contributed by atoms with van der Waals surface area (Å²) in [4.78, 5) is 0. The Morgan fingerprint density at radius 3 is 1.55 bits per heavy atom. The minimum atomic E-state index is -0.0370. The molecule has 0 aliphatic rings. The van der Waals surface area contributed by atoms with E-state index in [4.69, 9.17) is 14.6 Å². The maximum atomic E-state index is 7.57. The first-order valence-corrected chi connectivity index (χ1v) is 4.06. The van der Waals surface area contributed by atoms with Gasteiger partial charge in [0, 0.05) is 19.8 Å². The predicted octanol–water partition coefficient (Wildman–Crippen LogP) is 1.40. The summed E-state index contributed by atoms with van der Waals surface area (Å²) in [7, 11) is 0. The fourth-order valence-corrected chi connectivity index (χ4v) is 0.518. The molecule has 0 amide bonds. The maximum absolute atomic E-state index is 7.57. The van der Waals surface area contributed by atoms with Gasteiger partial charge in [-0.2, -0.15) is 0 Å². The molecule has 3 nitrogen and oxygen atoms in total. The Balaban J connectivity index is 0. The van der Waals surface area contributed by atoms with Crippen molar-refractivity contribution in [1.82, 2.24) is 0 Å². The summed E-state index contributed by atoms with van der Waals surface area (Å²) in [6.07, 6.45) is -0.0370. The zero-order valence-electron chi connectivity index (χ0n) is 7.96. The lowest BCUT2D eigenvalue weighted by Crippen LogP contribution is -2.11. The van der Waals surface area contributed by atoms with Crippen LogP contribution >= 0.6 is 0 Å². The van der Waals surface area contributed by atoms with E-state index in [0.717, 1.165) is 13.2 Å². The van der Waals surface area contributed by atoms with E-state index in [1.807, 2.05) is 20.8 Å². The first-order chi connectivity index (χ1) is 5.22. The molecular formula is C8H20O3. The molecule has 0 saturated heterocycles. The lowest BCUT2D eigenvalue weighted by Gasteiger charge is -2.09. The van der Waals surface area contributed by atoms with Crippen molar-refractivity contribution in [2.75, 3.05) is 19.8 Å². The molecule has 0 aromatic rings. The van der Waals surface area contributed by atoms with Crippen LogP contribution in [0.5, 0.6) is 0 Å². The second kappa shape index (κ2) is 12.5. The maximum Gasteiger partial charge on any atom is 0.154 e. The third-order valence-corrected chi connectivity index (χ3v) is 0.803. The molecular weight excluding hydrogens is 144 g/mol. The van der Waals surface area contributed by atoms with E-state index in [9.17, 15) is 0 Å². The molecule has 0 aromatic heterocycles. The van der Waals surface area contributed by atoms with Gasteiger partial charge in [0.25, 0.3) is 0 Å². The van der Waals surface area contributed by atoms with Crippen molar-refractivity contribution in [3.8, 4) is 0 Å². The molecule has 70 valence electrons. The lowest BCUT2D eigenvalue weighted by atomic mass is 10.7. The molecule has 0 bridgehead atoms. The fourth-order valence-electron chi connectivity index (χ4n) is 0.518. The molecule has 0 fully saturated rings. The highest BCUT2D eigenvalue weighted by atomic mass is 16.7. The Kier molecular flexibility index (Phi) is 15.4. The Labute approximate surface area is 69.3 Å². The van der Waals surface area contributed by atoms with Crippen LogP contribution in [0.2, 0.25) is 0 Å². The van der Waals surface area contributed by atoms with Gasteiger partial charge < -0.3 is 14.6 Å². The number of rotatable bonds is 4. The quantitative estimate of drug-likeness (QED) is 0.638. The second-order valence-corrected chi connectivity index (χ2v) is 1.79. The standard InChI is InChI=1S/C6H14O2.C2H6O/c1-4-7-6(3)8-5-2;1-2-3/h6H,4-5H2,1-3H3;3H,2H2,1H3. The van der Waals surface area contributed by atoms with Crippen molar-refractivity contribution in [2.24, 2.45) is 0 Å². The van der Waals surface area contributed by atoms with Crippen molar-refractivity contribution < 1.29 is 14.6 Å². The molecule has 0 spiro atoms. The average Bonchev–Trinajstić information content (AvgIpc) is 1.90. The molecule has 0 radical (unpaired) electrons. The monoisotopic (exact) mass is 164 g/mol. The molecule has 3 heteroatoms. The molecule has 11 heavy (non-hydrogen) atoms. The van der Waals surface area contributed by atoms with Crippen LogP contribution in [0.25, 0.3) is 0 Å². The van der Waals surface area contributed by atoms with Gasteiger partial charge in [-0.1, -0.05) is 0 Å². The van der Waals surface area contributed by atoms with Crippen LogP contribution in [0.15, 0.2) is 0 Å². The van der Waals surface area contributed by atoms with Gasteiger partial charge in [0.2, 0.25) is 0 Å². The third kappa shape index (κ3) is 17.7. The van der Waals surface area contributed by atoms with Crippen LogP contribution in [0.3, 0.4) is 0 Å². The van der Waals surface area contributed by atoms with E-state index in [0.29, 0.717) is 0 Å². The summed E-state index contributed by atoms with van der Waals surface area (Å²) in [5.41, 5.74) is 0. The average molecular weight is 164 g/mol. The van der Waals surface area contributed by atoms with Crippen molar-refractivity contribution in [1.29, 1.82) is 0 Å². The number of aliphatic hydroxyl groups excluding tert-OH is 1. The van der Waals surface area contributed by atoms with Gasteiger partial charge in [-0.15, -0.1) is 0 Å². The van der Waals surface area contributed by atoms with Crippen molar-refractivity contribution in [3.05, 3.63) is 0 Å². The minimum Gasteiger partial charge on any atom is -0.397 e. The topological polar surface area (TPSA) is 38.7 Å². The molecule has 0 heterocycles. The van der Waals surface area contributed by atoms with Gasteiger partial charge >= 0.3 is 0 Å². The molecule has 0 aromatic carbocycles. The van der Waals surface area contributed by atoms with Gasteiger partial charge in [-0.3, -0.25) is 0 Å². The Hall–Kier alpha value is -0.120. The first kappa shape index (κ1) is 13.5. The van der Waals surface area contributed by atoms with Gasteiger partial charge in [-0.25, -0.2) is 0 Å². The van der Waals surface area contributed by atoms with Crippen LogP contribution in [0, 0.1) is 0 Å². The number of hydrogen-bond acceptors (Lipinski definition) is 3. The van der Waals surface area contributed by atoms with Crippen LogP contribution in [-0.4, -0.2) is 31.2 Å². The van der Waals surface area contributed by atoms with Gasteiger partial charge in [0.05, 0.1) is 0 Å². The minimum absolute atomic E-state index is 0.0370. The molecule has 0 aliphatic carbocycles. The second-order valence-electron chi connectivity index (χ2n) is 1.79. The summed E-state index contributed by atoms with van der Waals surface area (Å²) >= 11 is 0. The number of aliphatic hydroxyl groups is 1. The summed E-state index contributed by atoms with van der Waals surface area (Å²) in [5, 5.41) is 7.57. The zero-order valence-corrected chi connectivity index (χ0v) is 7.96. The van der Waals surface area contributed by atoms with Crippen LogP contribution in [0.1, 0.15) is 27.7 Å². The molecule has 0 atom stereocenters. The SMILES string of the molecule is CCO.CCOC(C)OCC. The van der Waals surface area contributed by atoms with Crippen LogP contribution in [-0.2, 0) is 9.47 Å².